The highest BCUT2D eigenvalue weighted by molar-refractivity contribution is 9.09. The molecule has 0 radical (unpaired) electrons. The molecule has 0 aromatic heterocycles. The van der Waals surface area contributed by atoms with E-state index < -0.39 is 0 Å². The van der Waals surface area contributed by atoms with Gasteiger partial charge in [0.05, 0.1) is 0 Å². The molecule has 0 aromatic carbocycles. The topological polar surface area (TPSA) is 29.1 Å². The van der Waals surface area contributed by atoms with E-state index in [-0.39, 0.29) is 0 Å². The van der Waals surface area contributed by atoms with Gasteiger partial charge in [0.25, 0.3) is 0 Å². The Bertz CT molecular complexity index is 253. The number of rotatable bonds is 2. The molecule has 2 fully saturated rings. The molecule has 1 N–H and O–H groups in total. The second-order valence-corrected chi connectivity index (χ2v) is 7.29. The van der Waals surface area contributed by atoms with Gasteiger partial charge in [-0.1, -0.05) is 48.0 Å². The highest BCUT2D eigenvalue weighted by Gasteiger charge is 2.24. The molecule has 0 saturated heterocycles. The van der Waals surface area contributed by atoms with E-state index in [2.05, 4.69) is 21.2 Å². The van der Waals surface area contributed by atoms with Crippen molar-refractivity contribution in [1.29, 1.82) is 0 Å². The Morgan fingerprint density at radius 2 is 1.39 bits per heavy atom. The zero-order valence-electron chi connectivity index (χ0n) is 11.3. The summed E-state index contributed by atoms with van der Waals surface area (Å²) in [4.78, 5) is 13.0. The number of carbonyl (C=O) groups is 1. The number of alkyl halides is 1. The number of nitrogens with one attached hydrogen (secondary N) is 1. The first kappa shape index (κ1) is 14.4. The van der Waals surface area contributed by atoms with E-state index in [1.54, 1.807) is 0 Å². The van der Waals surface area contributed by atoms with E-state index >= 15 is 0 Å². The Labute approximate surface area is 119 Å². The lowest BCUT2D eigenvalue weighted by Crippen LogP contribution is -2.41. The Balaban J connectivity index is 1.75. The summed E-state index contributed by atoms with van der Waals surface area (Å²) < 4.78 is 0. The summed E-state index contributed by atoms with van der Waals surface area (Å²) >= 11 is 3.66. The molecule has 2 nitrogen and oxygen atoms in total. The van der Waals surface area contributed by atoms with E-state index in [4.69, 9.17) is 0 Å². The summed E-state index contributed by atoms with van der Waals surface area (Å²) in [5, 5.41) is 3.30. The van der Waals surface area contributed by atoms with Crippen molar-refractivity contribution in [1.82, 2.24) is 5.32 Å². The smallest absolute Gasteiger partial charge is 0.223 e. The molecular formula is C15H26BrNO. The molecule has 1 amide bonds. The molecule has 18 heavy (non-hydrogen) atoms. The SMILES string of the molecule is O=C(NC1CCC(Br)CC1)C1CCCCCCC1. The van der Waals surface area contributed by atoms with Crippen LogP contribution in [0.1, 0.15) is 70.6 Å². The summed E-state index contributed by atoms with van der Waals surface area (Å²) in [5.41, 5.74) is 0. The molecule has 2 aliphatic rings. The second kappa shape index (κ2) is 7.52. The first-order valence-electron chi connectivity index (χ1n) is 7.70. The van der Waals surface area contributed by atoms with E-state index in [0.29, 0.717) is 22.7 Å². The van der Waals surface area contributed by atoms with Crippen LogP contribution in [-0.2, 0) is 4.79 Å². The molecule has 0 heterocycles. The largest absolute Gasteiger partial charge is 0.353 e. The first-order valence-corrected chi connectivity index (χ1v) is 8.61. The molecule has 0 bridgehead atoms. The van der Waals surface area contributed by atoms with Crippen LogP contribution in [0.4, 0.5) is 0 Å². The van der Waals surface area contributed by atoms with Gasteiger partial charge in [-0.25, -0.2) is 0 Å². The van der Waals surface area contributed by atoms with Gasteiger partial charge in [0.15, 0.2) is 0 Å². The number of amides is 1. The van der Waals surface area contributed by atoms with Crippen molar-refractivity contribution in [2.24, 2.45) is 5.92 Å². The molecular weight excluding hydrogens is 290 g/mol. The van der Waals surface area contributed by atoms with Crippen molar-refractivity contribution in [3.05, 3.63) is 0 Å². The van der Waals surface area contributed by atoms with Crippen molar-refractivity contribution in [2.45, 2.75) is 81.5 Å². The van der Waals surface area contributed by atoms with Crippen LogP contribution >= 0.6 is 15.9 Å². The van der Waals surface area contributed by atoms with Crippen LogP contribution in [0, 0.1) is 5.92 Å². The summed E-state index contributed by atoms with van der Waals surface area (Å²) in [6.07, 6.45) is 13.4. The minimum Gasteiger partial charge on any atom is -0.353 e. The monoisotopic (exact) mass is 315 g/mol. The zero-order valence-corrected chi connectivity index (χ0v) is 12.9. The third-order valence-electron chi connectivity index (χ3n) is 4.48. The van der Waals surface area contributed by atoms with Crippen molar-refractivity contribution in [3.63, 3.8) is 0 Å². The fraction of sp³-hybridized carbons (Fsp3) is 0.933. The average molecular weight is 316 g/mol. The van der Waals surface area contributed by atoms with Crippen LogP contribution in [0.15, 0.2) is 0 Å². The maximum atomic E-state index is 12.3. The third-order valence-corrected chi connectivity index (χ3v) is 5.39. The summed E-state index contributed by atoms with van der Waals surface area (Å²) in [6.45, 7) is 0. The van der Waals surface area contributed by atoms with Crippen molar-refractivity contribution in [3.8, 4) is 0 Å². The van der Waals surface area contributed by atoms with Crippen LogP contribution in [0.5, 0.6) is 0 Å². The molecule has 2 aliphatic carbocycles. The van der Waals surface area contributed by atoms with Crippen LogP contribution < -0.4 is 5.32 Å². The molecule has 2 rings (SSSR count). The average Bonchev–Trinajstić information content (AvgIpc) is 2.31. The van der Waals surface area contributed by atoms with Gasteiger partial charge in [-0.3, -0.25) is 4.79 Å². The fourth-order valence-corrected chi connectivity index (χ4v) is 3.76. The lowest BCUT2D eigenvalue weighted by molar-refractivity contribution is -0.126. The number of carbonyl (C=O) groups excluding carboxylic acids is 1. The van der Waals surface area contributed by atoms with Gasteiger partial charge < -0.3 is 5.32 Å². The maximum absolute atomic E-state index is 12.3. The molecule has 104 valence electrons. The highest BCUT2D eigenvalue weighted by atomic mass is 79.9. The van der Waals surface area contributed by atoms with Gasteiger partial charge >= 0.3 is 0 Å². The molecule has 0 spiro atoms. The van der Waals surface area contributed by atoms with Gasteiger partial charge in [0.1, 0.15) is 0 Å². The predicted octanol–water partition coefficient (Wildman–Crippen LogP) is 4.17. The number of halogens is 1. The summed E-state index contributed by atoms with van der Waals surface area (Å²) in [6, 6.07) is 0.441. The van der Waals surface area contributed by atoms with Gasteiger partial charge in [-0.15, -0.1) is 0 Å². The van der Waals surface area contributed by atoms with Crippen LogP contribution in [0.2, 0.25) is 0 Å². The van der Waals surface area contributed by atoms with Crippen molar-refractivity contribution >= 4 is 21.8 Å². The molecule has 2 saturated carbocycles. The van der Waals surface area contributed by atoms with Gasteiger partial charge in [-0.05, 0) is 38.5 Å². The van der Waals surface area contributed by atoms with E-state index in [1.165, 1.54) is 44.9 Å². The molecule has 0 aliphatic heterocycles. The Hall–Kier alpha value is -0.0500. The normalized spacial score (nSPS) is 31.4. The minimum atomic E-state index is 0.298. The maximum Gasteiger partial charge on any atom is 0.223 e. The first-order chi connectivity index (χ1) is 8.75. The number of hydrogen-bond donors (Lipinski definition) is 1. The fourth-order valence-electron chi connectivity index (χ4n) is 3.23. The second-order valence-electron chi connectivity index (χ2n) is 6.00. The lowest BCUT2D eigenvalue weighted by Gasteiger charge is -2.28. The number of hydrogen-bond acceptors (Lipinski definition) is 1. The van der Waals surface area contributed by atoms with E-state index in [0.717, 1.165) is 25.7 Å². The Morgan fingerprint density at radius 3 is 2.00 bits per heavy atom. The van der Waals surface area contributed by atoms with E-state index in [1.807, 2.05) is 0 Å². The van der Waals surface area contributed by atoms with Gasteiger partial charge in [0, 0.05) is 16.8 Å². The Morgan fingerprint density at radius 1 is 0.833 bits per heavy atom. The van der Waals surface area contributed by atoms with Gasteiger partial charge in [-0.2, -0.15) is 0 Å². The summed E-state index contributed by atoms with van der Waals surface area (Å²) in [7, 11) is 0. The summed E-state index contributed by atoms with van der Waals surface area (Å²) in [5.74, 6) is 0.641. The standard InChI is InChI=1S/C15H26BrNO/c16-13-8-10-14(11-9-13)17-15(18)12-6-4-2-1-3-5-7-12/h12-14H,1-11H2,(H,17,18). The molecule has 0 atom stereocenters. The van der Waals surface area contributed by atoms with Crippen LogP contribution in [0.3, 0.4) is 0 Å². The minimum absolute atomic E-state index is 0.298. The predicted molar refractivity (Wildman–Crippen MR) is 78.9 cm³/mol. The van der Waals surface area contributed by atoms with Crippen LogP contribution in [-0.4, -0.2) is 16.8 Å². The zero-order chi connectivity index (χ0) is 12.8. The molecule has 0 aromatic rings. The highest BCUT2D eigenvalue weighted by Crippen LogP contribution is 2.26. The molecule has 3 heteroatoms. The van der Waals surface area contributed by atoms with Crippen molar-refractivity contribution in [2.75, 3.05) is 0 Å². The molecule has 0 unspecified atom stereocenters. The lowest BCUT2D eigenvalue weighted by atomic mass is 9.89. The van der Waals surface area contributed by atoms with Crippen LogP contribution in [0.25, 0.3) is 0 Å². The van der Waals surface area contributed by atoms with Gasteiger partial charge in [0.2, 0.25) is 5.91 Å². The third kappa shape index (κ3) is 4.56. The van der Waals surface area contributed by atoms with Crippen molar-refractivity contribution < 1.29 is 4.79 Å². The Kier molecular flexibility index (Phi) is 6.00. The van der Waals surface area contributed by atoms with E-state index in [9.17, 15) is 4.79 Å². The quantitative estimate of drug-likeness (QED) is 0.761.